The maximum Gasteiger partial charge on any atom is 0.341 e. The van der Waals surface area contributed by atoms with Crippen LogP contribution in [0.1, 0.15) is 93.5 Å². The molecule has 27 heavy (non-hydrogen) atoms. The van der Waals surface area contributed by atoms with Crippen LogP contribution in [-0.4, -0.2) is 20.2 Å². The van der Waals surface area contributed by atoms with Gasteiger partial charge in [-0.15, -0.1) is 0 Å². The predicted octanol–water partition coefficient (Wildman–Crippen LogP) is 6.89. The highest BCUT2D eigenvalue weighted by Gasteiger charge is 2.17. The lowest BCUT2D eigenvalue weighted by atomic mass is 9.99. The van der Waals surface area contributed by atoms with Gasteiger partial charge < -0.3 is 9.47 Å². The molecule has 3 nitrogen and oxygen atoms in total. The molecule has 0 bridgehead atoms. The molecule has 0 atom stereocenters. The largest absolute Gasteiger partial charge is 0.496 e. The molecule has 0 heterocycles. The van der Waals surface area contributed by atoms with E-state index < -0.39 is 0 Å². The zero-order valence-corrected chi connectivity index (χ0v) is 17.6. The standard InChI is InChI=1S/C24H38O3/c1-4-5-6-7-8-9-10-11-12-13-14-15-16-18-21-19-17-20-22(26-2)23(21)24(25)27-3/h7-8,17,19-20H,4-6,9-16,18H2,1-3H3/b8-7-. The molecular weight excluding hydrogens is 336 g/mol. The maximum absolute atomic E-state index is 12.0. The highest BCUT2D eigenvalue weighted by atomic mass is 16.5. The summed E-state index contributed by atoms with van der Waals surface area (Å²) in [6.45, 7) is 2.24. The van der Waals surface area contributed by atoms with Crippen molar-refractivity contribution in [2.24, 2.45) is 0 Å². The smallest absolute Gasteiger partial charge is 0.341 e. The zero-order valence-electron chi connectivity index (χ0n) is 17.6. The fraction of sp³-hybridized carbons (Fsp3) is 0.625. The monoisotopic (exact) mass is 374 g/mol. The third-order valence-corrected chi connectivity index (χ3v) is 4.93. The number of methoxy groups -OCH3 is 2. The van der Waals surface area contributed by atoms with E-state index in [0.717, 1.165) is 18.4 Å². The molecule has 0 aliphatic carbocycles. The van der Waals surface area contributed by atoms with Crippen LogP contribution in [0.25, 0.3) is 0 Å². The number of carbonyl (C=O) groups excluding carboxylic acids is 1. The normalized spacial score (nSPS) is 11.1. The molecule has 1 aromatic rings. The summed E-state index contributed by atoms with van der Waals surface area (Å²) < 4.78 is 10.2. The second-order valence-corrected chi connectivity index (χ2v) is 7.11. The molecule has 0 unspecified atom stereocenters. The van der Waals surface area contributed by atoms with E-state index in [1.807, 2.05) is 18.2 Å². The first-order valence-corrected chi connectivity index (χ1v) is 10.6. The van der Waals surface area contributed by atoms with E-state index in [1.165, 1.54) is 71.3 Å². The third kappa shape index (κ3) is 9.65. The molecule has 0 fully saturated rings. The fourth-order valence-corrected chi connectivity index (χ4v) is 3.31. The first-order valence-electron chi connectivity index (χ1n) is 10.6. The number of rotatable bonds is 15. The highest BCUT2D eigenvalue weighted by molar-refractivity contribution is 5.94. The third-order valence-electron chi connectivity index (χ3n) is 4.93. The van der Waals surface area contributed by atoms with Crippen LogP contribution >= 0.6 is 0 Å². The van der Waals surface area contributed by atoms with Gasteiger partial charge in [-0.1, -0.05) is 76.2 Å². The Kier molecular flexibility index (Phi) is 13.2. The lowest BCUT2D eigenvalue weighted by Crippen LogP contribution is -2.08. The van der Waals surface area contributed by atoms with Gasteiger partial charge in [0.1, 0.15) is 11.3 Å². The van der Waals surface area contributed by atoms with Crippen LogP contribution in [0.2, 0.25) is 0 Å². The van der Waals surface area contributed by atoms with Gasteiger partial charge in [0.2, 0.25) is 0 Å². The first kappa shape index (κ1) is 23.3. The number of benzene rings is 1. The van der Waals surface area contributed by atoms with E-state index >= 15 is 0 Å². The fourth-order valence-electron chi connectivity index (χ4n) is 3.31. The minimum Gasteiger partial charge on any atom is -0.496 e. The van der Waals surface area contributed by atoms with E-state index in [1.54, 1.807) is 7.11 Å². The van der Waals surface area contributed by atoms with Gasteiger partial charge in [-0.2, -0.15) is 0 Å². The molecule has 1 rings (SSSR count). The van der Waals surface area contributed by atoms with Crippen molar-refractivity contribution in [1.29, 1.82) is 0 Å². The number of ether oxygens (including phenoxy) is 2. The van der Waals surface area contributed by atoms with Gasteiger partial charge in [0.05, 0.1) is 14.2 Å². The van der Waals surface area contributed by atoms with E-state index in [0.29, 0.717) is 11.3 Å². The molecule has 1 aromatic carbocycles. The topological polar surface area (TPSA) is 35.5 Å². The van der Waals surface area contributed by atoms with Crippen molar-refractivity contribution in [1.82, 2.24) is 0 Å². The number of hydrogen-bond donors (Lipinski definition) is 0. The number of hydrogen-bond acceptors (Lipinski definition) is 3. The molecule has 0 aromatic heterocycles. The Labute approximate surface area is 166 Å². The van der Waals surface area contributed by atoms with Crippen molar-refractivity contribution >= 4 is 5.97 Å². The molecule has 0 N–H and O–H groups in total. The molecule has 0 saturated carbocycles. The highest BCUT2D eigenvalue weighted by Crippen LogP contribution is 2.25. The second kappa shape index (κ2) is 15.3. The quantitative estimate of drug-likeness (QED) is 0.190. The van der Waals surface area contributed by atoms with Gasteiger partial charge in [0.25, 0.3) is 0 Å². The first-order chi connectivity index (χ1) is 13.2. The number of esters is 1. The van der Waals surface area contributed by atoms with Gasteiger partial charge in [-0.05, 0) is 43.7 Å². The van der Waals surface area contributed by atoms with Gasteiger partial charge >= 0.3 is 5.97 Å². The molecular formula is C24H38O3. The summed E-state index contributed by atoms with van der Waals surface area (Å²) in [6.07, 6.45) is 19.5. The van der Waals surface area contributed by atoms with Crippen molar-refractivity contribution in [3.8, 4) is 5.75 Å². The summed E-state index contributed by atoms with van der Waals surface area (Å²) in [6, 6.07) is 5.76. The molecule has 0 aliphatic heterocycles. The van der Waals surface area contributed by atoms with Crippen LogP contribution in [0.15, 0.2) is 30.4 Å². The lowest BCUT2D eigenvalue weighted by Gasteiger charge is -2.12. The Morgan fingerprint density at radius 3 is 2.15 bits per heavy atom. The van der Waals surface area contributed by atoms with E-state index in [-0.39, 0.29) is 5.97 Å². The Morgan fingerprint density at radius 2 is 1.52 bits per heavy atom. The van der Waals surface area contributed by atoms with Crippen LogP contribution in [0.3, 0.4) is 0 Å². The lowest BCUT2D eigenvalue weighted by molar-refractivity contribution is 0.0595. The number of unbranched alkanes of at least 4 members (excludes halogenated alkanes) is 9. The van der Waals surface area contributed by atoms with Crippen LogP contribution < -0.4 is 4.74 Å². The number of aryl methyl sites for hydroxylation is 1. The van der Waals surface area contributed by atoms with Crippen molar-refractivity contribution in [2.45, 2.75) is 84.0 Å². The van der Waals surface area contributed by atoms with Crippen LogP contribution in [-0.2, 0) is 11.2 Å². The van der Waals surface area contributed by atoms with E-state index in [4.69, 9.17) is 9.47 Å². The summed E-state index contributed by atoms with van der Waals surface area (Å²) in [7, 11) is 3.01. The SMILES string of the molecule is CCCC/C=C\CCCCCCCCCc1cccc(OC)c1C(=O)OC. The summed E-state index contributed by atoms with van der Waals surface area (Å²) in [5.41, 5.74) is 1.60. The van der Waals surface area contributed by atoms with Crippen molar-refractivity contribution in [3.05, 3.63) is 41.5 Å². The Balaban J connectivity index is 2.17. The summed E-state index contributed by atoms with van der Waals surface area (Å²) in [4.78, 5) is 12.0. The minimum atomic E-state index is -0.314. The average molecular weight is 375 g/mol. The Hall–Kier alpha value is -1.77. The summed E-state index contributed by atoms with van der Waals surface area (Å²) in [5, 5.41) is 0. The van der Waals surface area contributed by atoms with Crippen molar-refractivity contribution in [3.63, 3.8) is 0 Å². The molecule has 0 amide bonds. The van der Waals surface area contributed by atoms with Gasteiger partial charge in [0, 0.05) is 0 Å². The Bertz CT molecular complexity index is 549. The van der Waals surface area contributed by atoms with E-state index in [2.05, 4.69) is 19.1 Å². The molecule has 0 spiro atoms. The zero-order chi connectivity index (χ0) is 19.7. The number of carbonyl (C=O) groups is 1. The molecule has 0 saturated heterocycles. The van der Waals surface area contributed by atoms with Crippen LogP contribution in [0, 0.1) is 0 Å². The molecule has 0 aliphatic rings. The summed E-state index contributed by atoms with van der Waals surface area (Å²) >= 11 is 0. The molecule has 152 valence electrons. The van der Waals surface area contributed by atoms with E-state index in [9.17, 15) is 4.79 Å². The van der Waals surface area contributed by atoms with Gasteiger partial charge in [-0.3, -0.25) is 0 Å². The second-order valence-electron chi connectivity index (χ2n) is 7.11. The minimum absolute atomic E-state index is 0.314. The van der Waals surface area contributed by atoms with Crippen molar-refractivity contribution in [2.75, 3.05) is 14.2 Å². The maximum atomic E-state index is 12.0. The predicted molar refractivity (Wildman–Crippen MR) is 114 cm³/mol. The number of allylic oxidation sites excluding steroid dienone is 2. The van der Waals surface area contributed by atoms with Crippen molar-refractivity contribution < 1.29 is 14.3 Å². The average Bonchev–Trinajstić information content (AvgIpc) is 2.70. The van der Waals surface area contributed by atoms with Gasteiger partial charge in [-0.25, -0.2) is 4.79 Å². The van der Waals surface area contributed by atoms with Crippen LogP contribution in [0.4, 0.5) is 0 Å². The molecule has 0 radical (unpaired) electrons. The molecule has 3 heteroatoms. The van der Waals surface area contributed by atoms with Crippen LogP contribution in [0.5, 0.6) is 5.75 Å². The van der Waals surface area contributed by atoms with Gasteiger partial charge in [0.15, 0.2) is 0 Å². The Morgan fingerprint density at radius 1 is 0.889 bits per heavy atom. The summed E-state index contributed by atoms with van der Waals surface area (Å²) in [5.74, 6) is 0.286.